The first-order chi connectivity index (χ1) is 16.7. The molecule has 0 radical (unpaired) electrons. The second kappa shape index (κ2) is 10.7. The van der Waals surface area contributed by atoms with Gasteiger partial charge in [0.15, 0.2) is 5.82 Å². The lowest BCUT2D eigenvalue weighted by molar-refractivity contribution is -0.141. The number of hydrogen-bond acceptors (Lipinski definition) is 7. The van der Waals surface area contributed by atoms with Gasteiger partial charge >= 0.3 is 16.4 Å². The molecule has 3 rings (SSSR count). The second-order valence-corrected chi connectivity index (χ2v) is 11.2. The number of pyridine rings is 1. The van der Waals surface area contributed by atoms with Gasteiger partial charge < -0.3 is 10.6 Å². The Balaban J connectivity index is 1.77. The van der Waals surface area contributed by atoms with E-state index in [0.717, 1.165) is 27.3 Å². The number of amides is 1. The summed E-state index contributed by atoms with van der Waals surface area (Å²) in [4.78, 5) is 17.2. The highest BCUT2D eigenvalue weighted by molar-refractivity contribution is 7.87. The topological polar surface area (TPSA) is 112 Å². The Hall–Kier alpha value is -2.71. The van der Waals surface area contributed by atoms with Gasteiger partial charge in [-0.1, -0.05) is 0 Å². The lowest BCUT2D eigenvalue weighted by Crippen LogP contribution is -2.41. The summed E-state index contributed by atoms with van der Waals surface area (Å²) in [7, 11) is -1.14. The van der Waals surface area contributed by atoms with E-state index in [2.05, 4.69) is 25.6 Å². The van der Waals surface area contributed by atoms with Crippen LogP contribution < -0.4 is 10.6 Å². The molecule has 0 spiro atoms. The molecule has 1 aliphatic heterocycles. The van der Waals surface area contributed by atoms with Crippen molar-refractivity contribution >= 4 is 27.6 Å². The fourth-order valence-corrected chi connectivity index (χ4v) is 5.19. The molecule has 2 N–H and O–H groups in total. The maximum absolute atomic E-state index is 13.1. The number of alkyl halides is 3. The van der Waals surface area contributed by atoms with Gasteiger partial charge in [0, 0.05) is 51.6 Å². The maximum Gasteiger partial charge on any atom is 0.433 e. The molecule has 2 aromatic rings. The van der Waals surface area contributed by atoms with E-state index in [4.69, 9.17) is 0 Å². The fourth-order valence-electron chi connectivity index (χ4n) is 4.22. The highest BCUT2D eigenvalue weighted by Crippen LogP contribution is 2.31. The van der Waals surface area contributed by atoms with E-state index in [-0.39, 0.29) is 29.4 Å². The third-order valence-electron chi connectivity index (χ3n) is 6.05. The Morgan fingerprint density at radius 1 is 1.28 bits per heavy atom. The van der Waals surface area contributed by atoms with Gasteiger partial charge in [-0.05, 0) is 51.3 Å². The molecule has 0 aromatic carbocycles. The van der Waals surface area contributed by atoms with Crippen molar-refractivity contribution in [1.82, 2.24) is 23.4 Å². The molecule has 1 aliphatic rings. The molecule has 3 heterocycles. The molecule has 1 saturated heterocycles. The highest BCUT2D eigenvalue weighted by atomic mass is 32.2. The molecule has 2 aromatic heterocycles. The number of nitrogens with zero attached hydrogens (tertiary/aromatic N) is 5. The van der Waals surface area contributed by atoms with Crippen molar-refractivity contribution in [2.45, 2.75) is 45.8 Å². The van der Waals surface area contributed by atoms with Gasteiger partial charge in [0.2, 0.25) is 5.91 Å². The molecule has 0 aliphatic carbocycles. The van der Waals surface area contributed by atoms with E-state index in [0.29, 0.717) is 31.0 Å². The van der Waals surface area contributed by atoms with Crippen LogP contribution in [-0.4, -0.2) is 71.4 Å². The number of hydrogen-bond donors (Lipinski definition) is 2. The van der Waals surface area contributed by atoms with Crippen LogP contribution in [0.1, 0.15) is 49.8 Å². The van der Waals surface area contributed by atoms with Crippen LogP contribution in [0.3, 0.4) is 0 Å². The van der Waals surface area contributed by atoms with Gasteiger partial charge in [0.05, 0.1) is 11.7 Å². The molecular weight excluding hydrogens is 499 g/mol. The van der Waals surface area contributed by atoms with Gasteiger partial charge in [-0.25, -0.2) is 4.98 Å². The summed E-state index contributed by atoms with van der Waals surface area (Å²) < 4.78 is 67.1. The first-order valence-corrected chi connectivity index (χ1v) is 12.9. The zero-order valence-electron chi connectivity index (χ0n) is 20.9. The lowest BCUT2D eigenvalue weighted by Gasteiger charge is -2.37. The summed E-state index contributed by atoms with van der Waals surface area (Å²) in [6.07, 6.45) is -2.81. The zero-order chi connectivity index (χ0) is 26.8. The van der Waals surface area contributed by atoms with Gasteiger partial charge in [0.1, 0.15) is 5.69 Å². The number of nitrogens with one attached hydrogen (secondary N) is 2. The van der Waals surface area contributed by atoms with E-state index in [1.165, 1.54) is 27.9 Å². The third-order valence-corrected chi connectivity index (χ3v) is 7.71. The summed E-state index contributed by atoms with van der Waals surface area (Å²) in [5.74, 6) is -0.107. The van der Waals surface area contributed by atoms with Crippen molar-refractivity contribution in [3.05, 3.63) is 35.3 Å². The average Bonchev–Trinajstić information content (AvgIpc) is 3.20. The number of carbonyl (C=O) groups excluding carboxylic acids is 1. The van der Waals surface area contributed by atoms with Crippen molar-refractivity contribution < 1.29 is 26.4 Å². The number of anilines is 2. The monoisotopic (exact) mass is 531 g/mol. The molecule has 2 unspecified atom stereocenters. The van der Waals surface area contributed by atoms with Crippen LogP contribution in [0.25, 0.3) is 0 Å². The Morgan fingerprint density at radius 3 is 2.58 bits per heavy atom. The summed E-state index contributed by atoms with van der Waals surface area (Å²) in [5, 5.41) is 9.75. The van der Waals surface area contributed by atoms with Gasteiger partial charge in [-0.2, -0.15) is 25.9 Å². The molecule has 200 valence electrons. The SMILES string of the molecule is CC(=O)Nc1cc(C(C)N2CCCC(CNc3cc(C)nc(C(F)(F)F)c3)C2)n(S(=O)(=O)N(C)C)n1. The molecule has 14 heteroatoms. The molecule has 0 bridgehead atoms. The molecule has 2 atom stereocenters. The summed E-state index contributed by atoms with van der Waals surface area (Å²) in [6, 6.07) is 3.78. The number of halogens is 3. The Morgan fingerprint density at radius 2 is 1.97 bits per heavy atom. The average molecular weight is 532 g/mol. The van der Waals surface area contributed by atoms with E-state index < -0.39 is 22.1 Å². The predicted molar refractivity (Wildman–Crippen MR) is 130 cm³/mol. The van der Waals surface area contributed by atoms with Crippen molar-refractivity contribution in [3.63, 3.8) is 0 Å². The van der Waals surface area contributed by atoms with E-state index in [1.54, 1.807) is 12.1 Å². The molecule has 36 heavy (non-hydrogen) atoms. The molecule has 0 saturated carbocycles. The minimum atomic E-state index is -4.52. The number of carbonyl (C=O) groups is 1. The van der Waals surface area contributed by atoms with Crippen LogP contribution in [0.2, 0.25) is 0 Å². The van der Waals surface area contributed by atoms with Gasteiger partial charge in [-0.3, -0.25) is 9.69 Å². The standard InChI is InChI=1S/C22H32F3N7O3S/c1-14-9-18(10-20(27-14)22(23,24)25)26-12-17-7-6-8-31(13-17)15(2)19-11-21(28-16(3)33)29-32(19)36(34,35)30(4)5/h9-11,15,17H,6-8,12-13H2,1-5H3,(H,26,27)(H,28,29,33). The van der Waals surface area contributed by atoms with Gasteiger partial charge in [0.25, 0.3) is 0 Å². The van der Waals surface area contributed by atoms with Gasteiger partial charge in [-0.15, -0.1) is 9.19 Å². The Bertz CT molecular complexity index is 1200. The highest BCUT2D eigenvalue weighted by Gasteiger charge is 2.34. The molecule has 1 fully saturated rings. The van der Waals surface area contributed by atoms with Crippen molar-refractivity contribution in [3.8, 4) is 0 Å². The smallest absolute Gasteiger partial charge is 0.385 e. The van der Waals surface area contributed by atoms with Crippen molar-refractivity contribution in [1.29, 1.82) is 0 Å². The largest absolute Gasteiger partial charge is 0.433 e. The Kier molecular flexibility index (Phi) is 8.30. The number of piperidine rings is 1. The molecule has 10 nitrogen and oxygen atoms in total. The molecular formula is C22H32F3N7O3S. The lowest BCUT2D eigenvalue weighted by atomic mass is 9.96. The maximum atomic E-state index is 13.1. The number of likely N-dealkylation sites (tertiary alicyclic amines) is 1. The third kappa shape index (κ3) is 6.53. The quantitative estimate of drug-likeness (QED) is 0.538. The first-order valence-electron chi connectivity index (χ1n) is 11.5. The Labute approximate surface area is 209 Å². The van der Waals surface area contributed by atoms with Crippen molar-refractivity contribution in [2.24, 2.45) is 5.92 Å². The van der Waals surface area contributed by atoms with Crippen LogP contribution in [0.15, 0.2) is 18.2 Å². The van der Waals surface area contributed by atoms with E-state index in [1.807, 2.05) is 6.92 Å². The van der Waals surface area contributed by atoms with Crippen molar-refractivity contribution in [2.75, 3.05) is 44.4 Å². The zero-order valence-corrected chi connectivity index (χ0v) is 21.7. The number of rotatable bonds is 8. The van der Waals surface area contributed by atoms with Crippen LogP contribution in [-0.2, 0) is 21.2 Å². The normalized spacial score (nSPS) is 18.3. The first kappa shape index (κ1) is 27.9. The van der Waals surface area contributed by atoms with Crippen LogP contribution in [0, 0.1) is 12.8 Å². The van der Waals surface area contributed by atoms with E-state index in [9.17, 15) is 26.4 Å². The van der Waals surface area contributed by atoms with Crippen LogP contribution in [0.5, 0.6) is 0 Å². The second-order valence-electron chi connectivity index (χ2n) is 9.21. The summed E-state index contributed by atoms with van der Waals surface area (Å²) >= 11 is 0. The summed E-state index contributed by atoms with van der Waals surface area (Å²) in [6.45, 7) is 6.47. The predicted octanol–water partition coefficient (Wildman–Crippen LogP) is 3.10. The number of aryl methyl sites for hydroxylation is 1. The summed E-state index contributed by atoms with van der Waals surface area (Å²) in [5.41, 5.74) is 0.0986. The minimum absolute atomic E-state index is 0.126. The molecule has 1 amide bonds. The number of aromatic nitrogens is 3. The fraction of sp³-hybridized carbons (Fsp3) is 0.591. The van der Waals surface area contributed by atoms with E-state index >= 15 is 0 Å². The van der Waals surface area contributed by atoms with Crippen LogP contribution in [0.4, 0.5) is 24.7 Å². The van der Waals surface area contributed by atoms with Crippen LogP contribution >= 0.6 is 0 Å². The minimum Gasteiger partial charge on any atom is -0.385 e.